The molecule has 1 unspecified atom stereocenters. The van der Waals surface area contributed by atoms with Gasteiger partial charge in [-0.25, -0.2) is 0 Å². The number of nitrogens with one attached hydrogen (secondary N) is 1. The second-order valence-electron chi connectivity index (χ2n) is 8.38. The molecule has 31 heavy (non-hydrogen) atoms. The number of fused-ring (bicyclic) bond motifs is 1. The number of likely N-dealkylation sites (tertiary alicyclic amines) is 1. The Bertz CT molecular complexity index is 980. The van der Waals surface area contributed by atoms with Crippen LogP contribution >= 0.6 is 0 Å². The number of hydrogen-bond acceptors (Lipinski definition) is 6. The monoisotopic (exact) mass is 440 g/mol. The highest BCUT2D eigenvalue weighted by molar-refractivity contribution is 7.92. The third-order valence-electron chi connectivity index (χ3n) is 5.47. The zero-order valence-corrected chi connectivity index (χ0v) is 18.7. The summed E-state index contributed by atoms with van der Waals surface area (Å²) in [6.45, 7) is 7.84. The Labute approximate surface area is 185 Å². The molecule has 164 valence electrons. The summed E-state index contributed by atoms with van der Waals surface area (Å²) in [6, 6.07) is 7.17. The van der Waals surface area contributed by atoms with Crippen LogP contribution in [-0.2, 0) is 17.7 Å². The smallest absolute Gasteiger partial charge is 0.287 e. The largest absolute Gasteiger partial charge is 0.611 e. The van der Waals surface area contributed by atoms with Gasteiger partial charge in [0.2, 0.25) is 0 Å². The van der Waals surface area contributed by atoms with E-state index in [0.29, 0.717) is 17.2 Å². The van der Waals surface area contributed by atoms with Crippen molar-refractivity contribution in [1.29, 1.82) is 0 Å². The molecule has 1 N–H and O–H groups in total. The fraction of sp³-hybridized carbons (Fsp3) is 0.435. The molecule has 3 aromatic rings. The molecule has 7 nitrogen and oxygen atoms in total. The molecule has 4 rings (SSSR count). The van der Waals surface area contributed by atoms with E-state index in [4.69, 9.17) is 4.42 Å². The van der Waals surface area contributed by atoms with Gasteiger partial charge in [0.1, 0.15) is 5.25 Å². The predicted octanol–water partition coefficient (Wildman–Crippen LogP) is 3.38. The summed E-state index contributed by atoms with van der Waals surface area (Å²) in [7, 11) is 0. The molecule has 3 aromatic heterocycles. The molecule has 0 aliphatic carbocycles. The highest BCUT2D eigenvalue weighted by Gasteiger charge is 2.30. The molecule has 0 saturated carbocycles. The van der Waals surface area contributed by atoms with E-state index < -0.39 is 11.2 Å². The van der Waals surface area contributed by atoms with Gasteiger partial charge in [-0.1, -0.05) is 13.8 Å². The zero-order valence-electron chi connectivity index (χ0n) is 17.9. The lowest BCUT2D eigenvalue weighted by Gasteiger charge is -2.33. The van der Waals surface area contributed by atoms with Crippen molar-refractivity contribution in [3.63, 3.8) is 0 Å². The summed E-state index contributed by atoms with van der Waals surface area (Å²) in [6.07, 6.45) is 6.81. The number of piperidine rings is 1. The van der Waals surface area contributed by atoms with Gasteiger partial charge in [0.05, 0.1) is 24.6 Å². The number of aromatic nitrogens is 2. The van der Waals surface area contributed by atoms with Gasteiger partial charge in [-0.15, -0.1) is 0 Å². The molecule has 0 radical (unpaired) electrons. The molecule has 0 aromatic carbocycles. The highest BCUT2D eigenvalue weighted by atomic mass is 32.2. The van der Waals surface area contributed by atoms with Crippen LogP contribution in [0.4, 0.5) is 0 Å². The Morgan fingerprint density at radius 2 is 2.10 bits per heavy atom. The minimum atomic E-state index is -1.05. The van der Waals surface area contributed by atoms with E-state index in [-0.39, 0.29) is 23.5 Å². The van der Waals surface area contributed by atoms with Crippen LogP contribution in [0, 0.1) is 5.92 Å². The Morgan fingerprint density at radius 3 is 2.77 bits per heavy atom. The first kappa shape index (κ1) is 21.8. The van der Waals surface area contributed by atoms with E-state index in [0.717, 1.165) is 42.8 Å². The SMILES string of the molecule is CC(C)CN1CCC([S+]([O-])c2ccc(CNC(=O)c3cc4ccncc4o3)nc2)CC1. The molecule has 1 aliphatic heterocycles. The summed E-state index contributed by atoms with van der Waals surface area (Å²) in [5.41, 5.74) is 1.28. The van der Waals surface area contributed by atoms with Crippen LogP contribution in [0.5, 0.6) is 0 Å². The van der Waals surface area contributed by atoms with Crippen molar-refractivity contribution in [3.05, 3.63) is 54.3 Å². The predicted molar refractivity (Wildman–Crippen MR) is 120 cm³/mol. The van der Waals surface area contributed by atoms with Gasteiger partial charge < -0.3 is 19.2 Å². The summed E-state index contributed by atoms with van der Waals surface area (Å²) in [4.78, 5) is 24.0. The third kappa shape index (κ3) is 5.44. The Balaban J connectivity index is 1.29. The van der Waals surface area contributed by atoms with Crippen LogP contribution in [0.15, 0.2) is 52.2 Å². The standard InChI is InChI=1S/C23H28N4O3S/c1-16(2)15-27-9-6-19(7-10-27)31(29)20-4-3-18(25-13-20)12-26-23(28)21-11-17-5-8-24-14-22(17)30-21/h3-5,8,11,13-14,16,19H,6-7,9-10,12,15H2,1-2H3,(H,26,28). The van der Waals surface area contributed by atoms with E-state index in [1.54, 1.807) is 30.7 Å². The number of carbonyl (C=O) groups is 1. The highest BCUT2D eigenvalue weighted by Crippen LogP contribution is 2.25. The van der Waals surface area contributed by atoms with Gasteiger partial charge in [0.25, 0.3) is 5.91 Å². The van der Waals surface area contributed by atoms with Crippen molar-refractivity contribution in [3.8, 4) is 0 Å². The number of nitrogens with zero attached hydrogens (tertiary/aromatic N) is 3. The third-order valence-corrected chi connectivity index (χ3v) is 7.25. The fourth-order valence-corrected chi connectivity index (χ4v) is 5.29. The van der Waals surface area contributed by atoms with Crippen LogP contribution < -0.4 is 5.32 Å². The zero-order chi connectivity index (χ0) is 21.8. The average molecular weight is 441 g/mol. The summed E-state index contributed by atoms with van der Waals surface area (Å²) in [5.74, 6) is 0.589. The number of hydrogen-bond donors (Lipinski definition) is 1. The van der Waals surface area contributed by atoms with Crippen molar-refractivity contribution in [1.82, 2.24) is 20.2 Å². The van der Waals surface area contributed by atoms with E-state index in [1.165, 1.54) is 0 Å². The van der Waals surface area contributed by atoms with Gasteiger partial charge in [0, 0.05) is 44.1 Å². The molecule has 4 heterocycles. The second-order valence-corrected chi connectivity index (χ2v) is 10.1. The van der Waals surface area contributed by atoms with Crippen LogP contribution in [0.1, 0.15) is 42.9 Å². The molecule has 1 atom stereocenters. The first-order valence-corrected chi connectivity index (χ1v) is 11.9. The first-order valence-electron chi connectivity index (χ1n) is 10.7. The molecule has 1 saturated heterocycles. The van der Waals surface area contributed by atoms with Crippen LogP contribution in [0.2, 0.25) is 0 Å². The van der Waals surface area contributed by atoms with Crippen molar-refractivity contribution >= 4 is 28.1 Å². The number of rotatable bonds is 7. The van der Waals surface area contributed by atoms with Crippen LogP contribution in [0.25, 0.3) is 11.0 Å². The lowest BCUT2D eigenvalue weighted by molar-refractivity contribution is 0.0925. The van der Waals surface area contributed by atoms with Crippen LogP contribution in [-0.4, -0.2) is 50.2 Å². The average Bonchev–Trinajstić information content (AvgIpc) is 3.22. The number of amides is 1. The Kier molecular flexibility index (Phi) is 6.89. The molecule has 1 aliphatic rings. The molecule has 0 spiro atoms. The van der Waals surface area contributed by atoms with Gasteiger partial charge in [0.15, 0.2) is 16.2 Å². The number of pyridine rings is 2. The second kappa shape index (κ2) is 9.80. The van der Waals surface area contributed by atoms with Crippen molar-refractivity contribution in [2.75, 3.05) is 19.6 Å². The van der Waals surface area contributed by atoms with Crippen molar-refractivity contribution < 1.29 is 13.8 Å². The fourth-order valence-electron chi connectivity index (χ4n) is 3.90. The summed E-state index contributed by atoms with van der Waals surface area (Å²) >= 11 is -1.05. The van der Waals surface area contributed by atoms with Crippen LogP contribution in [0.3, 0.4) is 0 Å². The number of furan rings is 1. The maximum Gasteiger partial charge on any atom is 0.287 e. The van der Waals surface area contributed by atoms with Gasteiger partial charge in [-0.3, -0.25) is 14.8 Å². The Hall–Kier alpha value is -2.42. The molecule has 8 heteroatoms. The molecular weight excluding hydrogens is 412 g/mol. The maximum atomic E-state index is 12.9. The van der Waals surface area contributed by atoms with Gasteiger partial charge in [-0.2, -0.15) is 0 Å². The summed E-state index contributed by atoms with van der Waals surface area (Å²) in [5, 5.41) is 3.82. The minimum absolute atomic E-state index is 0.179. The van der Waals surface area contributed by atoms with Crippen molar-refractivity contribution in [2.24, 2.45) is 5.92 Å². The van der Waals surface area contributed by atoms with Gasteiger partial charge in [-0.05, 0) is 41.4 Å². The molecule has 1 amide bonds. The lowest BCUT2D eigenvalue weighted by atomic mass is 10.1. The van der Waals surface area contributed by atoms with E-state index in [2.05, 4.69) is 34.0 Å². The molecule has 1 fully saturated rings. The van der Waals surface area contributed by atoms with E-state index in [9.17, 15) is 9.35 Å². The Morgan fingerprint density at radius 1 is 1.29 bits per heavy atom. The minimum Gasteiger partial charge on any atom is -0.611 e. The van der Waals surface area contributed by atoms with E-state index >= 15 is 0 Å². The first-order chi connectivity index (χ1) is 15.0. The van der Waals surface area contributed by atoms with Gasteiger partial charge >= 0.3 is 0 Å². The maximum absolute atomic E-state index is 12.9. The van der Waals surface area contributed by atoms with Crippen molar-refractivity contribution in [2.45, 2.75) is 43.4 Å². The summed E-state index contributed by atoms with van der Waals surface area (Å²) < 4.78 is 18.5. The van der Waals surface area contributed by atoms with E-state index in [1.807, 2.05) is 12.1 Å². The number of carbonyl (C=O) groups excluding carboxylic acids is 1. The topological polar surface area (TPSA) is 94.3 Å². The lowest BCUT2D eigenvalue weighted by Crippen LogP contribution is -2.40. The molecular formula is C23H28N4O3S. The quantitative estimate of drug-likeness (QED) is 0.566. The molecule has 0 bridgehead atoms. The normalized spacial score (nSPS) is 16.6.